The van der Waals surface area contributed by atoms with E-state index in [9.17, 15) is 4.79 Å². The van der Waals surface area contributed by atoms with E-state index in [0.29, 0.717) is 37.1 Å². The molecule has 2 aromatic rings. The fourth-order valence-corrected chi connectivity index (χ4v) is 3.09. The number of carbonyl (C=O) groups excluding carboxylic acids is 1. The number of hydrogen-bond donors (Lipinski definition) is 0. The Morgan fingerprint density at radius 2 is 2.04 bits per heavy atom. The maximum absolute atomic E-state index is 12.9. The summed E-state index contributed by atoms with van der Waals surface area (Å²) in [7, 11) is 0. The van der Waals surface area contributed by atoms with Crippen LogP contribution in [0.3, 0.4) is 0 Å². The SMILES string of the molecule is CCOc1cccnc1C(=O)N1CCCC(COc2ccccc2)C1. The van der Waals surface area contributed by atoms with Gasteiger partial charge in [-0.1, -0.05) is 18.2 Å². The highest BCUT2D eigenvalue weighted by Gasteiger charge is 2.27. The number of carbonyl (C=O) groups is 1. The van der Waals surface area contributed by atoms with Crippen LogP contribution in [-0.2, 0) is 0 Å². The van der Waals surface area contributed by atoms with Crippen LogP contribution in [0, 0.1) is 5.92 Å². The molecule has 0 spiro atoms. The van der Waals surface area contributed by atoms with Crippen LogP contribution in [0.25, 0.3) is 0 Å². The second-order valence-electron chi connectivity index (χ2n) is 6.17. The molecule has 1 saturated heterocycles. The Hall–Kier alpha value is -2.56. The van der Waals surface area contributed by atoms with Gasteiger partial charge in [0.1, 0.15) is 5.75 Å². The molecule has 1 aromatic carbocycles. The first-order chi connectivity index (χ1) is 12.3. The molecule has 1 fully saturated rings. The highest BCUT2D eigenvalue weighted by molar-refractivity contribution is 5.95. The van der Waals surface area contributed by atoms with Crippen LogP contribution < -0.4 is 9.47 Å². The highest BCUT2D eigenvalue weighted by Crippen LogP contribution is 2.23. The molecule has 1 aliphatic rings. The largest absolute Gasteiger partial charge is 0.493 e. The predicted molar refractivity (Wildman–Crippen MR) is 96.0 cm³/mol. The van der Waals surface area contributed by atoms with Crippen molar-refractivity contribution in [2.75, 3.05) is 26.3 Å². The fraction of sp³-hybridized carbons (Fsp3) is 0.400. The average molecular weight is 340 g/mol. The number of nitrogens with zero attached hydrogens (tertiary/aromatic N) is 2. The summed E-state index contributed by atoms with van der Waals surface area (Å²) in [5, 5.41) is 0. The van der Waals surface area contributed by atoms with Gasteiger partial charge < -0.3 is 14.4 Å². The second kappa shape index (κ2) is 8.51. The average Bonchev–Trinajstić information content (AvgIpc) is 2.68. The normalized spacial score (nSPS) is 17.2. The number of likely N-dealkylation sites (tertiary alicyclic amines) is 1. The van der Waals surface area contributed by atoms with Crippen molar-refractivity contribution in [1.82, 2.24) is 9.88 Å². The Morgan fingerprint density at radius 3 is 2.84 bits per heavy atom. The third-order valence-corrected chi connectivity index (χ3v) is 4.31. The van der Waals surface area contributed by atoms with Gasteiger partial charge in [-0.2, -0.15) is 0 Å². The van der Waals surface area contributed by atoms with Crippen LogP contribution in [0.5, 0.6) is 11.5 Å². The van der Waals surface area contributed by atoms with E-state index in [1.54, 1.807) is 18.3 Å². The van der Waals surface area contributed by atoms with E-state index >= 15 is 0 Å². The number of aromatic nitrogens is 1. The van der Waals surface area contributed by atoms with Crippen molar-refractivity contribution >= 4 is 5.91 Å². The van der Waals surface area contributed by atoms with Crippen LogP contribution in [0.4, 0.5) is 0 Å². The standard InChI is InChI=1S/C20H24N2O3/c1-2-24-18-11-6-12-21-19(18)20(23)22-13-7-8-16(14-22)15-25-17-9-4-3-5-10-17/h3-6,9-12,16H,2,7-8,13-15H2,1H3. The first kappa shape index (κ1) is 17.3. The maximum atomic E-state index is 12.9. The molecule has 0 bridgehead atoms. The summed E-state index contributed by atoms with van der Waals surface area (Å²) in [6.07, 6.45) is 3.68. The number of pyridine rings is 1. The molecule has 2 heterocycles. The van der Waals surface area contributed by atoms with Gasteiger partial charge in [-0.05, 0) is 44.0 Å². The Kier molecular flexibility index (Phi) is 5.88. The number of rotatable bonds is 6. The van der Waals surface area contributed by atoms with Gasteiger partial charge in [0.15, 0.2) is 11.4 Å². The molecule has 0 N–H and O–H groups in total. The number of amides is 1. The van der Waals surface area contributed by atoms with E-state index in [1.165, 1.54) is 0 Å². The van der Waals surface area contributed by atoms with Gasteiger partial charge in [-0.25, -0.2) is 4.98 Å². The number of hydrogen-bond acceptors (Lipinski definition) is 4. The third kappa shape index (κ3) is 4.50. The topological polar surface area (TPSA) is 51.7 Å². The summed E-state index contributed by atoms with van der Waals surface area (Å²) < 4.78 is 11.4. The first-order valence-corrected chi connectivity index (χ1v) is 8.83. The van der Waals surface area contributed by atoms with Crippen LogP contribution in [0.2, 0.25) is 0 Å². The molecule has 1 atom stereocenters. The van der Waals surface area contributed by atoms with Crippen LogP contribution >= 0.6 is 0 Å². The van der Waals surface area contributed by atoms with Crippen molar-refractivity contribution in [2.24, 2.45) is 5.92 Å². The molecule has 0 radical (unpaired) electrons. The summed E-state index contributed by atoms with van der Waals surface area (Å²) in [5.74, 6) is 1.69. The lowest BCUT2D eigenvalue weighted by Crippen LogP contribution is -2.42. The molecule has 0 saturated carbocycles. The molecule has 1 aromatic heterocycles. The van der Waals surface area contributed by atoms with Gasteiger partial charge in [-0.3, -0.25) is 4.79 Å². The predicted octanol–water partition coefficient (Wildman–Crippen LogP) is 3.41. The summed E-state index contributed by atoms with van der Waals surface area (Å²) >= 11 is 0. The maximum Gasteiger partial charge on any atom is 0.276 e. The Bertz CT molecular complexity index is 690. The molecular formula is C20H24N2O3. The van der Waals surface area contributed by atoms with E-state index in [2.05, 4.69) is 4.98 Å². The van der Waals surface area contributed by atoms with Crippen LogP contribution in [0.1, 0.15) is 30.3 Å². The zero-order chi connectivity index (χ0) is 17.5. The number of para-hydroxylation sites is 1. The quantitative estimate of drug-likeness (QED) is 0.809. The van der Waals surface area contributed by atoms with Gasteiger partial charge in [0, 0.05) is 25.2 Å². The first-order valence-electron chi connectivity index (χ1n) is 8.83. The zero-order valence-corrected chi connectivity index (χ0v) is 14.6. The van der Waals surface area contributed by atoms with Gasteiger partial charge >= 0.3 is 0 Å². The van der Waals surface area contributed by atoms with Crippen molar-refractivity contribution in [1.29, 1.82) is 0 Å². The van der Waals surface area contributed by atoms with Crippen molar-refractivity contribution in [3.63, 3.8) is 0 Å². The molecule has 1 aliphatic heterocycles. The zero-order valence-electron chi connectivity index (χ0n) is 14.6. The van der Waals surface area contributed by atoms with E-state index in [-0.39, 0.29) is 5.91 Å². The number of ether oxygens (including phenoxy) is 2. The summed E-state index contributed by atoms with van der Waals surface area (Å²) in [6, 6.07) is 13.4. The molecule has 132 valence electrons. The number of piperidine rings is 1. The van der Waals surface area contributed by atoms with Gasteiger partial charge in [-0.15, -0.1) is 0 Å². The molecule has 3 rings (SSSR count). The molecule has 5 nitrogen and oxygen atoms in total. The van der Waals surface area contributed by atoms with E-state index in [1.807, 2.05) is 42.2 Å². The molecular weight excluding hydrogens is 316 g/mol. The van der Waals surface area contributed by atoms with E-state index in [4.69, 9.17) is 9.47 Å². The molecule has 1 unspecified atom stereocenters. The fourth-order valence-electron chi connectivity index (χ4n) is 3.09. The minimum atomic E-state index is -0.0616. The second-order valence-corrected chi connectivity index (χ2v) is 6.17. The van der Waals surface area contributed by atoms with Crippen LogP contribution in [0.15, 0.2) is 48.7 Å². The minimum absolute atomic E-state index is 0.0616. The van der Waals surface area contributed by atoms with Crippen molar-refractivity contribution in [3.05, 3.63) is 54.4 Å². The highest BCUT2D eigenvalue weighted by atomic mass is 16.5. The lowest BCUT2D eigenvalue weighted by Gasteiger charge is -2.32. The molecule has 1 amide bonds. The Morgan fingerprint density at radius 1 is 1.20 bits per heavy atom. The van der Waals surface area contributed by atoms with Gasteiger partial charge in [0.25, 0.3) is 5.91 Å². The van der Waals surface area contributed by atoms with E-state index < -0.39 is 0 Å². The van der Waals surface area contributed by atoms with Gasteiger partial charge in [0.2, 0.25) is 0 Å². The lowest BCUT2D eigenvalue weighted by atomic mass is 9.98. The Labute approximate surface area is 148 Å². The smallest absolute Gasteiger partial charge is 0.276 e. The monoisotopic (exact) mass is 340 g/mol. The van der Waals surface area contributed by atoms with E-state index in [0.717, 1.165) is 25.1 Å². The summed E-state index contributed by atoms with van der Waals surface area (Å²) in [4.78, 5) is 19.0. The summed E-state index contributed by atoms with van der Waals surface area (Å²) in [5.41, 5.74) is 0.397. The van der Waals surface area contributed by atoms with Crippen molar-refractivity contribution in [2.45, 2.75) is 19.8 Å². The van der Waals surface area contributed by atoms with Crippen molar-refractivity contribution < 1.29 is 14.3 Å². The molecule has 25 heavy (non-hydrogen) atoms. The van der Waals surface area contributed by atoms with Gasteiger partial charge in [0.05, 0.1) is 13.2 Å². The third-order valence-electron chi connectivity index (χ3n) is 4.31. The lowest BCUT2D eigenvalue weighted by molar-refractivity contribution is 0.0623. The van der Waals surface area contributed by atoms with Crippen molar-refractivity contribution in [3.8, 4) is 11.5 Å². The number of benzene rings is 1. The summed E-state index contributed by atoms with van der Waals surface area (Å²) in [6.45, 7) is 4.48. The van der Waals surface area contributed by atoms with Crippen LogP contribution in [-0.4, -0.2) is 42.1 Å². The molecule has 5 heteroatoms. The minimum Gasteiger partial charge on any atom is -0.493 e. The molecule has 0 aliphatic carbocycles. The Balaban J connectivity index is 1.62.